The fraction of sp³-hybridized carbons (Fsp3) is 0.200. The number of hydrogen-bond acceptors (Lipinski definition) is 2. The maximum absolute atomic E-state index is 5.22. The fourth-order valence-electron chi connectivity index (χ4n) is 4.48. The Kier molecular flexibility index (Phi) is 5.22. The average molecular weight is 417 g/mol. The standard InChI is InChI=1S/C30H28N2/c1-19(2)27-25(21-11-7-5-8-12-21)17-23-15-16-24-18-26(22-13-9-6-10-14-22)28(20(3)4)32-30(24)29(23)31-27/h5-20H,1-4H3. The van der Waals surface area contributed by atoms with Gasteiger partial charge in [0.1, 0.15) is 0 Å². The van der Waals surface area contributed by atoms with E-state index in [4.69, 9.17) is 9.97 Å². The van der Waals surface area contributed by atoms with Crippen molar-refractivity contribution in [3.05, 3.63) is 96.3 Å². The zero-order valence-corrected chi connectivity index (χ0v) is 19.1. The van der Waals surface area contributed by atoms with E-state index in [9.17, 15) is 0 Å². The largest absolute Gasteiger partial charge is 0.250 e. The number of pyridine rings is 2. The summed E-state index contributed by atoms with van der Waals surface area (Å²) < 4.78 is 0. The van der Waals surface area contributed by atoms with Crippen molar-refractivity contribution in [1.82, 2.24) is 9.97 Å². The van der Waals surface area contributed by atoms with Crippen LogP contribution < -0.4 is 0 Å². The molecule has 3 aromatic carbocycles. The number of benzene rings is 3. The highest BCUT2D eigenvalue weighted by molar-refractivity contribution is 6.05. The Morgan fingerprint density at radius 1 is 0.500 bits per heavy atom. The molecule has 0 saturated heterocycles. The second kappa shape index (κ2) is 8.20. The van der Waals surface area contributed by atoms with Crippen LogP contribution in [0.4, 0.5) is 0 Å². The van der Waals surface area contributed by atoms with Gasteiger partial charge in [0.05, 0.1) is 22.4 Å². The van der Waals surface area contributed by atoms with Crippen molar-refractivity contribution in [3.8, 4) is 22.3 Å². The van der Waals surface area contributed by atoms with Crippen LogP contribution in [-0.2, 0) is 0 Å². The fourth-order valence-corrected chi connectivity index (χ4v) is 4.48. The Labute approximate surface area is 190 Å². The Balaban J connectivity index is 1.81. The summed E-state index contributed by atoms with van der Waals surface area (Å²) in [6, 6.07) is 30.1. The first-order chi connectivity index (χ1) is 15.5. The summed E-state index contributed by atoms with van der Waals surface area (Å²) >= 11 is 0. The summed E-state index contributed by atoms with van der Waals surface area (Å²) in [5.41, 5.74) is 9.06. The minimum absolute atomic E-state index is 0.318. The monoisotopic (exact) mass is 416 g/mol. The van der Waals surface area contributed by atoms with Crippen LogP contribution in [0.1, 0.15) is 50.9 Å². The maximum Gasteiger partial charge on any atom is 0.0968 e. The smallest absolute Gasteiger partial charge is 0.0968 e. The number of fused-ring (bicyclic) bond motifs is 3. The highest BCUT2D eigenvalue weighted by atomic mass is 14.8. The average Bonchev–Trinajstić information content (AvgIpc) is 2.83. The van der Waals surface area contributed by atoms with Gasteiger partial charge in [0.15, 0.2) is 0 Å². The van der Waals surface area contributed by atoms with Crippen LogP contribution in [0.2, 0.25) is 0 Å². The van der Waals surface area contributed by atoms with E-state index in [2.05, 4.69) is 113 Å². The molecule has 0 aliphatic carbocycles. The maximum atomic E-state index is 5.22. The first kappa shape index (κ1) is 20.4. The third-order valence-electron chi connectivity index (χ3n) is 6.09. The van der Waals surface area contributed by atoms with Crippen LogP contribution in [0.5, 0.6) is 0 Å². The van der Waals surface area contributed by atoms with E-state index >= 15 is 0 Å². The molecule has 2 heterocycles. The zero-order valence-electron chi connectivity index (χ0n) is 19.1. The minimum atomic E-state index is 0.318. The molecule has 2 heteroatoms. The molecule has 0 aliphatic rings. The Morgan fingerprint density at radius 2 is 0.875 bits per heavy atom. The SMILES string of the molecule is CC(C)c1nc2c(ccc3cc(-c4ccccc4)c(C(C)C)nc32)cc1-c1ccccc1. The van der Waals surface area contributed by atoms with E-state index in [1.165, 1.54) is 22.3 Å². The lowest BCUT2D eigenvalue weighted by Gasteiger charge is -2.17. The summed E-state index contributed by atoms with van der Waals surface area (Å²) in [4.78, 5) is 10.4. The van der Waals surface area contributed by atoms with Crippen molar-refractivity contribution in [2.45, 2.75) is 39.5 Å². The first-order valence-corrected chi connectivity index (χ1v) is 11.4. The molecule has 0 amide bonds. The van der Waals surface area contributed by atoms with Gasteiger partial charge in [-0.15, -0.1) is 0 Å². The van der Waals surface area contributed by atoms with Gasteiger partial charge in [0, 0.05) is 21.9 Å². The zero-order chi connectivity index (χ0) is 22.2. The van der Waals surface area contributed by atoms with Crippen molar-refractivity contribution < 1.29 is 0 Å². The number of aromatic nitrogens is 2. The lowest BCUT2D eigenvalue weighted by molar-refractivity contribution is 0.829. The highest BCUT2D eigenvalue weighted by Gasteiger charge is 2.17. The molecular weight excluding hydrogens is 388 g/mol. The second-order valence-electron chi connectivity index (χ2n) is 9.09. The summed E-state index contributed by atoms with van der Waals surface area (Å²) in [6.07, 6.45) is 0. The highest BCUT2D eigenvalue weighted by Crippen LogP contribution is 2.36. The molecule has 0 spiro atoms. The summed E-state index contributed by atoms with van der Waals surface area (Å²) in [6.45, 7) is 8.86. The van der Waals surface area contributed by atoms with Crippen molar-refractivity contribution in [2.75, 3.05) is 0 Å². The Morgan fingerprint density at radius 3 is 1.22 bits per heavy atom. The van der Waals surface area contributed by atoms with Crippen molar-refractivity contribution in [3.63, 3.8) is 0 Å². The lowest BCUT2D eigenvalue weighted by atomic mass is 9.93. The van der Waals surface area contributed by atoms with Gasteiger partial charge in [-0.3, -0.25) is 0 Å². The molecular formula is C30H28N2. The van der Waals surface area contributed by atoms with Gasteiger partial charge in [-0.05, 0) is 35.1 Å². The summed E-state index contributed by atoms with van der Waals surface area (Å²) in [5.74, 6) is 0.635. The number of hydrogen-bond donors (Lipinski definition) is 0. The van der Waals surface area contributed by atoms with Gasteiger partial charge in [-0.1, -0.05) is 100 Å². The number of rotatable bonds is 4. The van der Waals surface area contributed by atoms with E-state index in [0.717, 1.165) is 33.2 Å². The second-order valence-corrected chi connectivity index (χ2v) is 9.09. The van der Waals surface area contributed by atoms with E-state index < -0.39 is 0 Å². The van der Waals surface area contributed by atoms with E-state index in [1.807, 2.05) is 0 Å². The molecule has 32 heavy (non-hydrogen) atoms. The predicted octanol–water partition coefficient (Wildman–Crippen LogP) is 8.36. The van der Waals surface area contributed by atoms with Crippen LogP contribution in [-0.4, -0.2) is 9.97 Å². The quantitative estimate of drug-likeness (QED) is 0.275. The van der Waals surface area contributed by atoms with Gasteiger partial charge < -0.3 is 0 Å². The predicted molar refractivity (Wildman–Crippen MR) is 136 cm³/mol. The third-order valence-corrected chi connectivity index (χ3v) is 6.09. The molecule has 0 unspecified atom stereocenters. The normalized spacial score (nSPS) is 11.7. The van der Waals surface area contributed by atoms with Gasteiger partial charge >= 0.3 is 0 Å². The Bertz CT molecular complexity index is 1290. The van der Waals surface area contributed by atoms with E-state index in [-0.39, 0.29) is 0 Å². The van der Waals surface area contributed by atoms with E-state index in [0.29, 0.717) is 11.8 Å². The first-order valence-electron chi connectivity index (χ1n) is 11.4. The molecule has 0 aliphatic heterocycles. The van der Waals surface area contributed by atoms with Crippen LogP contribution >= 0.6 is 0 Å². The van der Waals surface area contributed by atoms with Crippen molar-refractivity contribution in [2.24, 2.45) is 0 Å². The van der Waals surface area contributed by atoms with Gasteiger partial charge in [-0.25, -0.2) is 9.97 Å². The molecule has 5 rings (SSSR count). The van der Waals surface area contributed by atoms with E-state index in [1.54, 1.807) is 0 Å². The molecule has 0 bridgehead atoms. The molecule has 5 aromatic rings. The molecule has 158 valence electrons. The van der Waals surface area contributed by atoms with Crippen LogP contribution in [0.15, 0.2) is 84.9 Å². The Hall–Kier alpha value is -3.52. The van der Waals surface area contributed by atoms with Gasteiger partial charge in [0.25, 0.3) is 0 Å². The van der Waals surface area contributed by atoms with Crippen LogP contribution in [0.25, 0.3) is 44.1 Å². The van der Waals surface area contributed by atoms with Crippen LogP contribution in [0, 0.1) is 0 Å². The molecule has 0 N–H and O–H groups in total. The molecule has 0 fully saturated rings. The summed E-state index contributed by atoms with van der Waals surface area (Å²) in [7, 11) is 0. The van der Waals surface area contributed by atoms with Crippen molar-refractivity contribution in [1.29, 1.82) is 0 Å². The minimum Gasteiger partial charge on any atom is -0.250 e. The summed E-state index contributed by atoms with van der Waals surface area (Å²) in [5, 5.41) is 2.27. The third kappa shape index (κ3) is 3.56. The van der Waals surface area contributed by atoms with Crippen molar-refractivity contribution >= 4 is 21.8 Å². The molecule has 0 atom stereocenters. The number of nitrogens with zero attached hydrogens (tertiary/aromatic N) is 2. The molecule has 0 saturated carbocycles. The molecule has 2 aromatic heterocycles. The van der Waals surface area contributed by atoms with Crippen LogP contribution in [0.3, 0.4) is 0 Å². The molecule has 0 radical (unpaired) electrons. The van der Waals surface area contributed by atoms with Gasteiger partial charge in [0.2, 0.25) is 0 Å². The lowest BCUT2D eigenvalue weighted by Crippen LogP contribution is -2.01. The van der Waals surface area contributed by atoms with Gasteiger partial charge in [-0.2, -0.15) is 0 Å². The molecule has 2 nitrogen and oxygen atoms in total. The topological polar surface area (TPSA) is 25.8 Å².